The summed E-state index contributed by atoms with van der Waals surface area (Å²) in [5, 5.41) is 2.76. The Kier molecular flexibility index (Phi) is 3.85. The summed E-state index contributed by atoms with van der Waals surface area (Å²) in [7, 11) is 0. The lowest BCUT2D eigenvalue weighted by Crippen LogP contribution is -2.13. The molecule has 0 aromatic heterocycles. The summed E-state index contributed by atoms with van der Waals surface area (Å²) in [5.41, 5.74) is 8.21. The van der Waals surface area contributed by atoms with Gasteiger partial charge in [0, 0.05) is 16.9 Å². The van der Waals surface area contributed by atoms with E-state index in [1.807, 2.05) is 6.92 Å². The molecular weight excluding hydrogens is 311 g/mol. The molecule has 3 N–H and O–H groups in total. The fraction of sp³-hybridized carbons (Fsp3) is 0.0714. The summed E-state index contributed by atoms with van der Waals surface area (Å²) < 4.78 is 13.4. The van der Waals surface area contributed by atoms with Crippen molar-refractivity contribution in [2.24, 2.45) is 0 Å². The second-order valence-electron chi connectivity index (χ2n) is 4.16. The van der Waals surface area contributed by atoms with Crippen LogP contribution in [0.4, 0.5) is 15.8 Å². The molecule has 0 spiro atoms. The lowest BCUT2D eigenvalue weighted by molar-refractivity contribution is 0.102. The highest BCUT2D eigenvalue weighted by Crippen LogP contribution is 2.20. The molecule has 19 heavy (non-hydrogen) atoms. The Hall–Kier alpha value is -1.88. The number of hydrogen-bond donors (Lipinski definition) is 2. The van der Waals surface area contributed by atoms with Crippen LogP contribution in [0, 0.1) is 12.7 Å². The first-order valence-electron chi connectivity index (χ1n) is 5.60. The number of rotatable bonds is 2. The van der Waals surface area contributed by atoms with Crippen LogP contribution in [0.5, 0.6) is 0 Å². The van der Waals surface area contributed by atoms with Crippen molar-refractivity contribution in [3.8, 4) is 0 Å². The summed E-state index contributed by atoms with van der Waals surface area (Å²) in [6, 6.07) is 9.34. The SMILES string of the molecule is Cc1cc(N)ccc1NC(=O)c1ccc(F)c(Br)c1. The number of carbonyl (C=O) groups is 1. The predicted molar refractivity (Wildman–Crippen MR) is 77.6 cm³/mol. The first-order chi connectivity index (χ1) is 8.97. The third-order valence-corrected chi connectivity index (χ3v) is 3.29. The lowest BCUT2D eigenvalue weighted by atomic mass is 10.1. The van der Waals surface area contributed by atoms with Crippen LogP contribution >= 0.6 is 15.9 Å². The fourth-order valence-electron chi connectivity index (χ4n) is 1.66. The molecular formula is C14H12BrFN2O. The van der Waals surface area contributed by atoms with E-state index in [0.29, 0.717) is 16.9 Å². The summed E-state index contributed by atoms with van der Waals surface area (Å²) in [5.74, 6) is -0.700. The molecule has 0 fully saturated rings. The van der Waals surface area contributed by atoms with E-state index in [9.17, 15) is 9.18 Å². The number of nitrogens with two attached hydrogens (primary N) is 1. The molecule has 1 amide bonds. The quantitative estimate of drug-likeness (QED) is 0.828. The van der Waals surface area contributed by atoms with E-state index in [1.165, 1.54) is 18.2 Å². The topological polar surface area (TPSA) is 55.1 Å². The van der Waals surface area contributed by atoms with Gasteiger partial charge in [0.15, 0.2) is 0 Å². The van der Waals surface area contributed by atoms with Gasteiger partial charge in [-0.2, -0.15) is 0 Å². The minimum absolute atomic E-state index is 0.258. The number of hydrogen-bond acceptors (Lipinski definition) is 2. The van der Waals surface area contributed by atoms with Gasteiger partial charge in [0.05, 0.1) is 4.47 Å². The third-order valence-electron chi connectivity index (χ3n) is 2.68. The molecule has 0 aliphatic rings. The Balaban J connectivity index is 2.23. The number of halogens is 2. The number of nitrogen functional groups attached to an aromatic ring is 1. The van der Waals surface area contributed by atoms with Crippen LogP contribution in [-0.4, -0.2) is 5.91 Å². The predicted octanol–water partition coefficient (Wildman–Crippen LogP) is 3.73. The van der Waals surface area contributed by atoms with E-state index < -0.39 is 5.82 Å². The second-order valence-corrected chi connectivity index (χ2v) is 5.01. The van der Waals surface area contributed by atoms with E-state index in [-0.39, 0.29) is 10.4 Å². The molecule has 0 radical (unpaired) electrons. The number of benzene rings is 2. The maximum Gasteiger partial charge on any atom is 0.255 e. The molecule has 0 atom stereocenters. The van der Waals surface area contributed by atoms with Gasteiger partial charge in [0.25, 0.3) is 5.91 Å². The summed E-state index contributed by atoms with van der Waals surface area (Å²) in [6.07, 6.45) is 0. The Morgan fingerprint density at radius 1 is 1.26 bits per heavy atom. The molecule has 98 valence electrons. The zero-order valence-corrected chi connectivity index (χ0v) is 11.8. The van der Waals surface area contributed by atoms with E-state index in [0.717, 1.165) is 5.56 Å². The van der Waals surface area contributed by atoms with Crippen LogP contribution in [0.3, 0.4) is 0 Å². The van der Waals surface area contributed by atoms with E-state index in [1.54, 1.807) is 18.2 Å². The summed E-state index contributed by atoms with van der Waals surface area (Å²) in [6.45, 7) is 1.85. The molecule has 2 aromatic carbocycles. The van der Waals surface area contributed by atoms with E-state index in [2.05, 4.69) is 21.2 Å². The third kappa shape index (κ3) is 3.12. The van der Waals surface area contributed by atoms with E-state index in [4.69, 9.17) is 5.73 Å². The average molecular weight is 323 g/mol. The average Bonchev–Trinajstić information content (AvgIpc) is 2.36. The molecule has 0 saturated carbocycles. The first-order valence-corrected chi connectivity index (χ1v) is 6.39. The minimum Gasteiger partial charge on any atom is -0.399 e. The molecule has 0 saturated heterocycles. The van der Waals surface area contributed by atoms with Crippen molar-refractivity contribution in [2.75, 3.05) is 11.1 Å². The first kappa shape index (κ1) is 13.5. The van der Waals surface area contributed by atoms with Gasteiger partial charge in [-0.25, -0.2) is 4.39 Å². The van der Waals surface area contributed by atoms with Crippen molar-refractivity contribution >= 4 is 33.2 Å². The number of amides is 1. The molecule has 0 bridgehead atoms. The second kappa shape index (κ2) is 5.40. The summed E-state index contributed by atoms with van der Waals surface area (Å²) >= 11 is 3.05. The van der Waals surface area contributed by atoms with Gasteiger partial charge in [-0.05, 0) is 64.8 Å². The van der Waals surface area contributed by atoms with Crippen LogP contribution < -0.4 is 11.1 Å². The number of anilines is 2. The van der Waals surface area contributed by atoms with Crippen molar-refractivity contribution in [1.29, 1.82) is 0 Å². The van der Waals surface area contributed by atoms with Gasteiger partial charge in [0.1, 0.15) is 5.82 Å². The molecule has 2 aromatic rings. The molecule has 3 nitrogen and oxygen atoms in total. The zero-order chi connectivity index (χ0) is 14.0. The van der Waals surface area contributed by atoms with E-state index >= 15 is 0 Å². The van der Waals surface area contributed by atoms with Gasteiger partial charge in [0.2, 0.25) is 0 Å². The standard InChI is InChI=1S/C14H12BrFN2O/c1-8-6-10(17)3-5-13(8)18-14(19)9-2-4-12(16)11(15)7-9/h2-7H,17H2,1H3,(H,18,19). The van der Waals surface area contributed by atoms with Crippen LogP contribution in [0.15, 0.2) is 40.9 Å². The molecule has 0 unspecified atom stereocenters. The highest BCUT2D eigenvalue weighted by Gasteiger charge is 2.10. The van der Waals surface area contributed by atoms with Crippen LogP contribution in [0.1, 0.15) is 15.9 Å². The molecule has 0 aliphatic heterocycles. The van der Waals surface area contributed by atoms with Crippen molar-refractivity contribution < 1.29 is 9.18 Å². The Morgan fingerprint density at radius 2 is 2.00 bits per heavy atom. The smallest absolute Gasteiger partial charge is 0.255 e. The molecule has 0 heterocycles. The van der Waals surface area contributed by atoms with Crippen LogP contribution in [0.25, 0.3) is 0 Å². The number of nitrogens with one attached hydrogen (secondary N) is 1. The highest BCUT2D eigenvalue weighted by atomic mass is 79.9. The minimum atomic E-state index is -0.403. The van der Waals surface area contributed by atoms with Crippen LogP contribution in [0.2, 0.25) is 0 Å². The Bertz CT molecular complexity index is 643. The van der Waals surface area contributed by atoms with Gasteiger partial charge in [-0.1, -0.05) is 0 Å². The van der Waals surface area contributed by atoms with Crippen molar-refractivity contribution in [3.63, 3.8) is 0 Å². The number of carbonyl (C=O) groups excluding carboxylic acids is 1. The Labute approximate surface area is 118 Å². The summed E-state index contributed by atoms with van der Waals surface area (Å²) in [4.78, 5) is 12.0. The van der Waals surface area contributed by atoms with Gasteiger partial charge >= 0.3 is 0 Å². The van der Waals surface area contributed by atoms with Crippen molar-refractivity contribution in [2.45, 2.75) is 6.92 Å². The van der Waals surface area contributed by atoms with Gasteiger partial charge in [-0.3, -0.25) is 4.79 Å². The fourth-order valence-corrected chi connectivity index (χ4v) is 2.04. The van der Waals surface area contributed by atoms with Crippen molar-refractivity contribution in [1.82, 2.24) is 0 Å². The molecule has 2 rings (SSSR count). The largest absolute Gasteiger partial charge is 0.399 e. The van der Waals surface area contributed by atoms with Gasteiger partial charge in [-0.15, -0.1) is 0 Å². The number of aryl methyl sites for hydroxylation is 1. The normalized spacial score (nSPS) is 10.3. The maximum absolute atomic E-state index is 13.1. The van der Waals surface area contributed by atoms with Crippen molar-refractivity contribution in [3.05, 3.63) is 57.8 Å². The monoisotopic (exact) mass is 322 g/mol. The zero-order valence-electron chi connectivity index (χ0n) is 10.2. The highest BCUT2D eigenvalue weighted by molar-refractivity contribution is 9.10. The molecule has 0 aliphatic carbocycles. The molecule has 5 heteroatoms. The van der Waals surface area contributed by atoms with Crippen LogP contribution in [-0.2, 0) is 0 Å². The lowest BCUT2D eigenvalue weighted by Gasteiger charge is -2.09. The maximum atomic E-state index is 13.1. The van der Waals surface area contributed by atoms with Gasteiger partial charge < -0.3 is 11.1 Å². The Morgan fingerprint density at radius 3 is 2.63 bits per heavy atom.